The molecular weight excluding hydrogens is 252 g/mol. The van der Waals surface area contributed by atoms with Gasteiger partial charge in [0.2, 0.25) is 0 Å². The Balaban J connectivity index is 2.05. The summed E-state index contributed by atoms with van der Waals surface area (Å²) in [6, 6.07) is 5.10. The Morgan fingerprint density at radius 1 is 1.21 bits per heavy atom. The van der Waals surface area contributed by atoms with E-state index in [0.717, 1.165) is 11.8 Å². The third kappa shape index (κ3) is 3.59. The minimum atomic E-state index is 0.202. The van der Waals surface area contributed by atoms with Crippen molar-refractivity contribution in [3.8, 4) is 0 Å². The van der Waals surface area contributed by atoms with Gasteiger partial charge >= 0.3 is 0 Å². The first-order valence-corrected chi connectivity index (χ1v) is 8.36. The lowest BCUT2D eigenvalue weighted by Gasteiger charge is -2.40. The maximum absolute atomic E-state index is 6.27. The van der Waals surface area contributed by atoms with Crippen LogP contribution in [0, 0.1) is 18.8 Å². The summed E-state index contributed by atoms with van der Waals surface area (Å²) in [6.45, 7) is 11.4. The molecule has 1 aromatic rings. The molecule has 3 heteroatoms. The predicted molar refractivity (Wildman–Crippen MR) is 84.6 cm³/mol. The van der Waals surface area contributed by atoms with Crippen LogP contribution in [-0.4, -0.2) is 24.0 Å². The number of hydrogen-bond donors (Lipinski definition) is 1. The molecule has 0 amide bonds. The molecule has 2 nitrogen and oxygen atoms in total. The van der Waals surface area contributed by atoms with Gasteiger partial charge in [0.25, 0.3) is 0 Å². The summed E-state index contributed by atoms with van der Waals surface area (Å²) in [5.74, 6) is 1.72. The van der Waals surface area contributed by atoms with Crippen LogP contribution in [0.25, 0.3) is 0 Å². The molecule has 19 heavy (non-hydrogen) atoms. The van der Waals surface area contributed by atoms with Crippen molar-refractivity contribution in [2.45, 2.75) is 52.6 Å². The van der Waals surface area contributed by atoms with E-state index < -0.39 is 0 Å². The van der Waals surface area contributed by atoms with Gasteiger partial charge in [-0.15, -0.1) is 11.3 Å². The van der Waals surface area contributed by atoms with E-state index in [2.05, 4.69) is 44.7 Å². The third-order valence-corrected chi connectivity index (χ3v) is 5.53. The number of piperidine rings is 1. The van der Waals surface area contributed by atoms with Gasteiger partial charge < -0.3 is 5.73 Å². The molecule has 1 aliphatic heterocycles. The summed E-state index contributed by atoms with van der Waals surface area (Å²) in [5, 5.41) is 0. The number of likely N-dealkylation sites (tertiary alicyclic amines) is 1. The Labute approximate surface area is 122 Å². The van der Waals surface area contributed by atoms with Gasteiger partial charge in [0.05, 0.1) is 6.04 Å². The van der Waals surface area contributed by atoms with E-state index in [9.17, 15) is 0 Å². The van der Waals surface area contributed by atoms with Crippen LogP contribution >= 0.6 is 11.3 Å². The van der Waals surface area contributed by atoms with Gasteiger partial charge in [-0.1, -0.05) is 13.8 Å². The Morgan fingerprint density at radius 2 is 1.84 bits per heavy atom. The van der Waals surface area contributed by atoms with Gasteiger partial charge in [0.1, 0.15) is 0 Å². The molecule has 1 saturated heterocycles. The monoisotopic (exact) mass is 280 g/mol. The van der Waals surface area contributed by atoms with Crippen LogP contribution in [0.4, 0.5) is 0 Å². The van der Waals surface area contributed by atoms with Gasteiger partial charge in [-0.05, 0) is 63.7 Å². The van der Waals surface area contributed by atoms with Gasteiger partial charge in [-0.3, -0.25) is 4.90 Å². The van der Waals surface area contributed by atoms with E-state index in [4.69, 9.17) is 5.73 Å². The minimum absolute atomic E-state index is 0.202. The van der Waals surface area contributed by atoms with E-state index in [1.54, 1.807) is 0 Å². The first-order chi connectivity index (χ1) is 8.99. The maximum atomic E-state index is 6.27. The zero-order chi connectivity index (χ0) is 14.0. The Morgan fingerprint density at radius 3 is 2.26 bits per heavy atom. The largest absolute Gasteiger partial charge is 0.326 e. The van der Waals surface area contributed by atoms with Crippen LogP contribution in [0.15, 0.2) is 12.1 Å². The second kappa shape index (κ2) is 6.38. The zero-order valence-electron chi connectivity index (χ0n) is 12.7. The molecule has 108 valence electrons. The fourth-order valence-corrected chi connectivity index (χ4v) is 4.38. The lowest BCUT2D eigenvalue weighted by atomic mass is 9.86. The molecule has 1 fully saturated rings. The Kier molecular flexibility index (Phi) is 5.04. The molecule has 2 heterocycles. The molecule has 0 spiro atoms. The summed E-state index contributed by atoms with van der Waals surface area (Å²) in [6.07, 6.45) is 2.65. The normalized spacial score (nSPS) is 21.8. The standard InChI is InChI=1S/C16H28N2S/c1-11(2)14-7-9-18(10-8-14)16(13(4)17)15-6-5-12(3)19-15/h5-6,11,13-14,16H,7-10,17H2,1-4H3. The number of thiophene rings is 1. The average molecular weight is 280 g/mol. The molecule has 2 atom stereocenters. The summed E-state index contributed by atoms with van der Waals surface area (Å²) in [7, 11) is 0. The van der Waals surface area contributed by atoms with Crippen LogP contribution in [0.5, 0.6) is 0 Å². The third-order valence-electron chi connectivity index (χ3n) is 4.46. The minimum Gasteiger partial charge on any atom is -0.326 e. The molecular formula is C16H28N2S. The van der Waals surface area contributed by atoms with E-state index >= 15 is 0 Å². The van der Waals surface area contributed by atoms with E-state index in [-0.39, 0.29) is 6.04 Å². The fourth-order valence-electron chi connectivity index (χ4n) is 3.25. The van der Waals surface area contributed by atoms with Crippen molar-refractivity contribution in [2.24, 2.45) is 17.6 Å². The first kappa shape index (κ1) is 15.0. The van der Waals surface area contributed by atoms with Gasteiger partial charge in [-0.2, -0.15) is 0 Å². The SMILES string of the molecule is Cc1ccc(C(C(C)N)N2CCC(C(C)C)CC2)s1. The fraction of sp³-hybridized carbons (Fsp3) is 0.750. The van der Waals surface area contributed by atoms with Crippen molar-refractivity contribution < 1.29 is 0 Å². The molecule has 0 aliphatic carbocycles. The van der Waals surface area contributed by atoms with Crippen molar-refractivity contribution >= 4 is 11.3 Å². The molecule has 0 aromatic carbocycles. The number of nitrogens with zero attached hydrogens (tertiary/aromatic N) is 1. The van der Waals surface area contributed by atoms with Crippen molar-refractivity contribution in [1.29, 1.82) is 0 Å². The Hall–Kier alpha value is -0.380. The van der Waals surface area contributed by atoms with Crippen LogP contribution in [-0.2, 0) is 0 Å². The van der Waals surface area contributed by atoms with E-state index in [1.807, 2.05) is 11.3 Å². The van der Waals surface area contributed by atoms with Gasteiger partial charge in [0, 0.05) is 15.8 Å². The molecule has 1 aliphatic rings. The topological polar surface area (TPSA) is 29.3 Å². The van der Waals surface area contributed by atoms with Crippen LogP contribution < -0.4 is 5.73 Å². The van der Waals surface area contributed by atoms with Crippen molar-refractivity contribution in [3.05, 3.63) is 21.9 Å². The van der Waals surface area contributed by atoms with Crippen LogP contribution in [0.3, 0.4) is 0 Å². The van der Waals surface area contributed by atoms with Gasteiger partial charge in [-0.25, -0.2) is 0 Å². The highest BCUT2D eigenvalue weighted by Crippen LogP contribution is 2.34. The highest BCUT2D eigenvalue weighted by atomic mass is 32.1. The first-order valence-electron chi connectivity index (χ1n) is 7.55. The van der Waals surface area contributed by atoms with Crippen molar-refractivity contribution in [1.82, 2.24) is 4.90 Å². The smallest absolute Gasteiger partial charge is 0.0590 e. The predicted octanol–water partition coefficient (Wildman–Crippen LogP) is 3.81. The zero-order valence-corrected chi connectivity index (χ0v) is 13.5. The second-order valence-corrected chi connectivity index (χ2v) is 7.69. The van der Waals surface area contributed by atoms with Crippen LogP contribution in [0.1, 0.15) is 49.4 Å². The Bertz CT molecular complexity index is 389. The molecule has 0 saturated carbocycles. The van der Waals surface area contributed by atoms with Gasteiger partial charge in [0.15, 0.2) is 0 Å². The number of hydrogen-bond acceptors (Lipinski definition) is 3. The maximum Gasteiger partial charge on any atom is 0.0590 e. The molecule has 2 N–H and O–H groups in total. The lowest BCUT2D eigenvalue weighted by Crippen LogP contribution is -2.44. The van der Waals surface area contributed by atoms with Crippen molar-refractivity contribution in [2.75, 3.05) is 13.1 Å². The summed E-state index contributed by atoms with van der Waals surface area (Å²) in [4.78, 5) is 5.43. The van der Waals surface area contributed by atoms with Crippen LogP contribution in [0.2, 0.25) is 0 Å². The molecule has 1 aromatic heterocycles. The molecule has 0 bridgehead atoms. The summed E-state index contributed by atoms with van der Waals surface area (Å²) < 4.78 is 0. The average Bonchev–Trinajstić information content (AvgIpc) is 2.76. The highest BCUT2D eigenvalue weighted by Gasteiger charge is 2.30. The molecule has 2 rings (SSSR count). The molecule has 0 radical (unpaired) electrons. The van der Waals surface area contributed by atoms with E-state index in [1.165, 1.54) is 35.7 Å². The summed E-state index contributed by atoms with van der Waals surface area (Å²) in [5.41, 5.74) is 6.27. The lowest BCUT2D eigenvalue weighted by molar-refractivity contribution is 0.105. The van der Waals surface area contributed by atoms with E-state index in [0.29, 0.717) is 6.04 Å². The van der Waals surface area contributed by atoms with Crippen molar-refractivity contribution in [3.63, 3.8) is 0 Å². The number of nitrogens with two attached hydrogens (primary N) is 1. The number of aryl methyl sites for hydroxylation is 1. The quantitative estimate of drug-likeness (QED) is 0.908. The summed E-state index contributed by atoms with van der Waals surface area (Å²) >= 11 is 1.90. The molecule has 2 unspecified atom stereocenters. The second-order valence-electron chi connectivity index (χ2n) is 6.37. The highest BCUT2D eigenvalue weighted by molar-refractivity contribution is 7.12. The number of rotatable bonds is 4.